The smallest absolute Gasteiger partial charge is 0.0167 e. The highest BCUT2D eigenvalue weighted by Crippen LogP contribution is 2.82. The van der Waals surface area contributed by atoms with Crippen molar-refractivity contribution in [3.63, 3.8) is 0 Å². The lowest BCUT2D eigenvalue weighted by atomic mass is 9.89. The second-order valence-electron chi connectivity index (χ2n) is 4.93. The van der Waals surface area contributed by atoms with Crippen LogP contribution in [0.15, 0.2) is 45.6 Å². The maximum Gasteiger partial charge on any atom is 0.0167 e. The van der Waals surface area contributed by atoms with Crippen molar-refractivity contribution in [3.05, 3.63) is 45.6 Å². The molecular formula is C12H6. The van der Waals surface area contributed by atoms with Crippen LogP contribution in [0.1, 0.15) is 0 Å². The summed E-state index contributed by atoms with van der Waals surface area (Å²) in [6.45, 7) is 0. The Morgan fingerprint density at radius 2 is 1.17 bits per heavy atom. The first-order valence-corrected chi connectivity index (χ1v) is 4.88. The summed E-state index contributed by atoms with van der Waals surface area (Å²) in [5.41, 5.74) is 10.6. The number of allylic oxidation sites excluding steroid dienone is 8. The van der Waals surface area contributed by atoms with Crippen molar-refractivity contribution in [2.24, 2.45) is 23.7 Å². The molecule has 4 unspecified atom stereocenters. The summed E-state index contributed by atoms with van der Waals surface area (Å²) in [4.78, 5) is 0. The fourth-order valence-corrected chi connectivity index (χ4v) is 4.38. The Morgan fingerprint density at radius 3 is 1.67 bits per heavy atom. The minimum Gasteiger partial charge on any atom is -0.0539 e. The van der Waals surface area contributed by atoms with Crippen molar-refractivity contribution >= 4 is 0 Å². The summed E-state index contributed by atoms with van der Waals surface area (Å²) in [7, 11) is 0. The zero-order valence-corrected chi connectivity index (χ0v) is 6.46. The molecule has 2 saturated carbocycles. The van der Waals surface area contributed by atoms with Gasteiger partial charge in [0.15, 0.2) is 0 Å². The Bertz CT molecular complexity index is 488. The van der Waals surface area contributed by atoms with E-state index in [4.69, 9.17) is 0 Å². The predicted octanol–water partition coefficient (Wildman–Crippen LogP) is 1.98. The van der Waals surface area contributed by atoms with Crippen LogP contribution >= 0.6 is 0 Å². The monoisotopic (exact) mass is 150 g/mol. The van der Waals surface area contributed by atoms with E-state index in [9.17, 15) is 0 Å². The summed E-state index contributed by atoms with van der Waals surface area (Å²) in [5.74, 6) is 3.68. The number of rotatable bonds is 0. The lowest BCUT2D eigenvalue weighted by Crippen LogP contribution is -2.00. The van der Waals surface area contributed by atoms with Gasteiger partial charge < -0.3 is 0 Å². The highest BCUT2D eigenvalue weighted by atomic mass is 14.8. The van der Waals surface area contributed by atoms with Gasteiger partial charge in [-0.15, -0.1) is 0 Å². The molecular weight excluding hydrogens is 144 g/mol. The van der Waals surface area contributed by atoms with Crippen LogP contribution in [0.4, 0.5) is 0 Å². The minimum atomic E-state index is 0.919. The third-order valence-electron chi connectivity index (χ3n) is 4.75. The summed E-state index contributed by atoms with van der Waals surface area (Å²) >= 11 is 0. The molecule has 0 radical (unpaired) electrons. The molecule has 6 aliphatic carbocycles. The van der Waals surface area contributed by atoms with E-state index in [2.05, 4.69) is 12.2 Å². The number of hydrogen-bond donors (Lipinski definition) is 0. The predicted molar refractivity (Wildman–Crippen MR) is 44.2 cm³/mol. The zero-order chi connectivity index (χ0) is 7.19. The lowest BCUT2D eigenvalue weighted by Gasteiger charge is -2.16. The van der Waals surface area contributed by atoms with Crippen molar-refractivity contribution < 1.29 is 0 Å². The van der Waals surface area contributed by atoms with Gasteiger partial charge in [-0.05, 0) is 22.3 Å². The minimum absolute atomic E-state index is 0.919. The second kappa shape index (κ2) is 0.834. The molecule has 0 N–H and O–H groups in total. The van der Waals surface area contributed by atoms with Crippen molar-refractivity contribution in [1.82, 2.24) is 0 Å². The highest BCUT2D eigenvalue weighted by Gasteiger charge is 2.72. The summed E-state index contributed by atoms with van der Waals surface area (Å²) in [5, 5.41) is 0. The van der Waals surface area contributed by atoms with Crippen molar-refractivity contribution in [2.45, 2.75) is 0 Å². The third kappa shape index (κ3) is 0.188. The van der Waals surface area contributed by atoms with Gasteiger partial charge >= 0.3 is 0 Å². The molecule has 0 saturated heterocycles. The van der Waals surface area contributed by atoms with E-state index in [-0.39, 0.29) is 0 Å². The van der Waals surface area contributed by atoms with Gasteiger partial charge in [-0.2, -0.15) is 0 Å². The van der Waals surface area contributed by atoms with E-state index in [0.717, 1.165) is 23.7 Å². The SMILES string of the molecule is C1=C2C3=CC4=C1C1C(=C5C3C45)C21. The molecule has 0 bridgehead atoms. The summed E-state index contributed by atoms with van der Waals surface area (Å²) < 4.78 is 0. The van der Waals surface area contributed by atoms with Crippen molar-refractivity contribution in [3.8, 4) is 0 Å². The fourth-order valence-electron chi connectivity index (χ4n) is 4.38. The van der Waals surface area contributed by atoms with E-state index in [0.29, 0.717) is 0 Å². The average molecular weight is 150 g/mol. The van der Waals surface area contributed by atoms with E-state index >= 15 is 0 Å². The Kier molecular flexibility index (Phi) is 0.297. The van der Waals surface area contributed by atoms with Gasteiger partial charge in [0.2, 0.25) is 0 Å². The van der Waals surface area contributed by atoms with Crippen LogP contribution in [0, 0.1) is 23.7 Å². The summed E-state index contributed by atoms with van der Waals surface area (Å²) in [6.07, 6.45) is 5.01. The molecule has 0 heterocycles. The Morgan fingerprint density at radius 1 is 0.667 bits per heavy atom. The van der Waals surface area contributed by atoms with Gasteiger partial charge in [-0.1, -0.05) is 23.3 Å². The van der Waals surface area contributed by atoms with Gasteiger partial charge in [0.05, 0.1) is 0 Å². The second-order valence-corrected chi connectivity index (χ2v) is 4.93. The quantitative estimate of drug-likeness (QED) is 0.463. The highest BCUT2D eigenvalue weighted by molar-refractivity contribution is 5.85. The van der Waals surface area contributed by atoms with Crippen LogP contribution in [0.5, 0.6) is 0 Å². The van der Waals surface area contributed by atoms with Crippen LogP contribution in [0.2, 0.25) is 0 Å². The van der Waals surface area contributed by atoms with Gasteiger partial charge in [-0.3, -0.25) is 0 Å². The van der Waals surface area contributed by atoms with Crippen LogP contribution in [0.25, 0.3) is 0 Å². The first kappa shape index (κ1) is 4.27. The molecule has 0 aliphatic heterocycles. The largest absolute Gasteiger partial charge is 0.0539 e. The molecule has 6 aliphatic rings. The summed E-state index contributed by atoms with van der Waals surface area (Å²) in [6, 6.07) is 0. The maximum absolute atomic E-state index is 2.51. The fraction of sp³-hybridized carbons (Fsp3) is 0.333. The van der Waals surface area contributed by atoms with Gasteiger partial charge in [0, 0.05) is 23.7 Å². The molecule has 0 aromatic carbocycles. The zero-order valence-electron chi connectivity index (χ0n) is 6.46. The molecule has 4 atom stereocenters. The van der Waals surface area contributed by atoms with Crippen molar-refractivity contribution in [1.29, 1.82) is 0 Å². The number of fused-ring (bicyclic) bond motifs is 1. The lowest BCUT2D eigenvalue weighted by molar-refractivity contribution is 0.869. The van der Waals surface area contributed by atoms with Gasteiger partial charge in [0.25, 0.3) is 0 Å². The Balaban J connectivity index is 2.11. The van der Waals surface area contributed by atoms with Crippen LogP contribution in [0.3, 0.4) is 0 Å². The Labute approximate surface area is 70.0 Å². The van der Waals surface area contributed by atoms with Crippen LogP contribution in [-0.4, -0.2) is 0 Å². The molecule has 0 nitrogen and oxygen atoms in total. The Hall–Kier alpha value is -1.04. The molecule has 0 aromatic rings. The first-order chi connectivity index (χ1) is 5.97. The number of hydrogen-bond acceptors (Lipinski definition) is 0. The van der Waals surface area contributed by atoms with E-state index in [1.165, 1.54) is 0 Å². The molecule has 0 spiro atoms. The normalized spacial score (nSPS) is 56.7. The molecule has 54 valence electrons. The molecule has 0 heteroatoms. The van der Waals surface area contributed by atoms with Crippen LogP contribution < -0.4 is 0 Å². The molecule has 0 amide bonds. The van der Waals surface area contributed by atoms with Gasteiger partial charge in [-0.25, -0.2) is 0 Å². The van der Waals surface area contributed by atoms with E-state index in [1.807, 2.05) is 11.1 Å². The first-order valence-electron chi connectivity index (χ1n) is 4.88. The molecule has 6 rings (SSSR count). The van der Waals surface area contributed by atoms with Gasteiger partial charge in [0.1, 0.15) is 0 Å². The third-order valence-corrected chi connectivity index (χ3v) is 4.75. The standard InChI is InChI=1S/C12H6/c1-3-5-2-6-4(1)8-7(3)11(8)12-9(5)10(6)12/h1-2,7-10H. The van der Waals surface area contributed by atoms with Crippen LogP contribution in [-0.2, 0) is 0 Å². The maximum atomic E-state index is 2.51. The average Bonchev–Trinajstić information content (AvgIpc) is 2.81. The molecule has 12 heavy (non-hydrogen) atoms. The molecule has 2 fully saturated rings. The van der Waals surface area contributed by atoms with E-state index < -0.39 is 0 Å². The van der Waals surface area contributed by atoms with Crippen molar-refractivity contribution in [2.75, 3.05) is 0 Å². The topological polar surface area (TPSA) is 0 Å². The van der Waals surface area contributed by atoms with E-state index in [1.54, 1.807) is 22.3 Å². The molecule has 0 aromatic heterocycles.